The van der Waals surface area contributed by atoms with E-state index in [1.807, 2.05) is 35.9 Å². The van der Waals surface area contributed by atoms with Gasteiger partial charge in [0.05, 0.1) is 5.52 Å². The zero-order valence-corrected chi connectivity index (χ0v) is 12.6. The fourth-order valence-corrected chi connectivity index (χ4v) is 2.32. The van der Waals surface area contributed by atoms with E-state index >= 15 is 0 Å². The first-order chi connectivity index (χ1) is 10.0. The number of likely N-dealkylation sites (N-methyl/N-ethyl adjacent to an activating group) is 1. The van der Waals surface area contributed by atoms with Crippen molar-refractivity contribution in [2.24, 2.45) is 0 Å². The average Bonchev–Trinajstić information content (AvgIpc) is 2.87. The van der Waals surface area contributed by atoms with Gasteiger partial charge < -0.3 is 14.0 Å². The third-order valence-electron chi connectivity index (χ3n) is 3.42. The summed E-state index contributed by atoms with van der Waals surface area (Å²) in [7, 11) is 1.80. The second-order valence-electron chi connectivity index (χ2n) is 4.98. The Hall–Kier alpha value is -2.30. The predicted molar refractivity (Wildman–Crippen MR) is 80.3 cm³/mol. The zero-order chi connectivity index (χ0) is 15.4. The molecule has 5 heteroatoms. The van der Waals surface area contributed by atoms with Crippen molar-refractivity contribution in [2.75, 3.05) is 13.6 Å². The number of pyridine rings is 1. The third kappa shape index (κ3) is 3.42. The molecule has 0 spiro atoms. The Bertz CT molecular complexity index is 661. The van der Waals surface area contributed by atoms with E-state index in [2.05, 4.69) is 0 Å². The van der Waals surface area contributed by atoms with Crippen LogP contribution in [0.1, 0.15) is 25.8 Å². The fourth-order valence-electron chi connectivity index (χ4n) is 2.32. The molecule has 2 aromatic heterocycles. The van der Waals surface area contributed by atoms with Gasteiger partial charge in [-0.25, -0.2) is 0 Å². The van der Waals surface area contributed by atoms with E-state index in [1.54, 1.807) is 18.0 Å². The summed E-state index contributed by atoms with van der Waals surface area (Å²) in [4.78, 5) is 24.5. The molecule has 2 rings (SSSR count). The molecule has 0 fully saturated rings. The van der Waals surface area contributed by atoms with Crippen LogP contribution in [0.5, 0.6) is 5.75 Å². The average molecular weight is 288 g/mol. The summed E-state index contributed by atoms with van der Waals surface area (Å²) in [6, 6.07) is 5.61. The molecule has 0 atom stereocenters. The summed E-state index contributed by atoms with van der Waals surface area (Å²) >= 11 is 0. The lowest BCUT2D eigenvalue weighted by atomic mass is 10.1. The van der Waals surface area contributed by atoms with E-state index in [0.717, 1.165) is 17.5 Å². The molecule has 5 nitrogen and oxygen atoms in total. The third-order valence-corrected chi connectivity index (χ3v) is 3.42. The van der Waals surface area contributed by atoms with Crippen molar-refractivity contribution in [1.82, 2.24) is 9.30 Å². The van der Waals surface area contributed by atoms with E-state index in [0.29, 0.717) is 18.7 Å². The van der Waals surface area contributed by atoms with Crippen LogP contribution in [-0.2, 0) is 16.0 Å². The maximum Gasteiger partial charge on any atom is 0.308 e. The summed E-state index contributed by atoms with van der Waals surface area (Å²) in [5.74, 6) is 0.335. The molecule has 0 radical (unpaired) electrons. The number of fused-ring (bicyclic) bond motifs is 1. The summed E-state index contributed by atoms with van der Waals surface area (Å²) < 4.78 is 7.19. The van der Waals surface area contributed by atoms with Gasteiger partial charge in [-0.1, -0.05) is 6.92 Å². The molecule has 0 bridgehead atoms. The van der Waals surface area contributed by atoms with Gasteiger partial charge in [-0.15, -0.1) is 0 Å². The highest BCUT2D eigenvalue weighted by Gasteiger charge is 2.12. The van der Waals surface area contributed by atoms with Crippen molar-refractivity contribution in [1.29, 1.82) is 0 Å². The van der Waals surface area contributed by atoms with E-state index < -0.39 is 0 Å². The fraction of sp³-hybridized carbons (Fsp3) is 0.375. The number of ether oxygens (including phenoxy) is 1. The normalized spacial score (nSPS) is 10.6. The second-order valence-corrected chi connectivity index (χ2v) is 4.98. The Morgan fingerprint density at radius 2 is 2.05 bits per heavy atom. The summed E-state index contributed by atoms with van der Waals surface area (Å²) in [5.41, 5.74) is 1.94. The molecule has 1 amide bonds. The van der Waals surface area contributed by atoms with Crippen molar-refractivity contribution < 1.29 is 14.3 Å². The van der Waals surface area contributed by atoms with E-state index in [1.165, 1.54) is 6.92 Å². The lowest BCUT2D eigenvalue weighted by molar-refractivity contribution is -0.132. The van der Waals surface area contributed by atoms with Crippen LogP contribution < -0.4 is 4.74 Å². The van der Waals surface area contributed by atoms with Gasteiger partial charge in [-0.05, 0) is 30.2 Å². The van der Waals surface area contributed by atoms with Crippen LogP contribution in [-0.4, -0.2) is 34.8 Å². The van der Waals surface area contributed by atoms with Gasteiger partial charge in [0.1, 0.15) is 0 Å². The van der Waals surface area contributed by atoms with Gasteiger partial charge in [0.25, 0.3) is 0 Å². The Morgan fingerprint density at radius 3 is 2.71 bits per heavy atom. The van der Waals surface area contributed by atoms with Gasteiger partial charge >= 0.3 is 5.97 Å². The molecule has 2 aromatic rings. The minimum Gasteiger partial charge on any atom is -0.424 e. The lowest BCUT2D eigenvalue weighted by Crippen LogP contribution is -2.27. The maximum atomic E-state index is 11.6. The van der Waals surface area contributed by atoms with Crippen LogP contribution in [0.2, 0.25) is 0 Å². The Kier molecular flexibility index (Phi) is 4.62. The first kappa shape index (κ1) is 15.1. The number of rotatable bonds is 5. The van der Waals surface area contributed by atoms with Crippen molar-refractivity contribution in [3.63, 3.8) is 0 Å². The number of aromatic nitrogens is 1. The standard InChI is InChI=1S/C16H20N2O3/c1-4-15(20)17(3)10-7-13-8-11-18-9-5-6-14(16(13)18)21-12(2)19/h5-6,8-9,11H,4,7,10H2,1-3H3. The van der Waals surface area contributed by atoms with Gasteiger partial charge in [0.15, 0.2) is 5.75 Å². The molecule has 0 aliphatic rings. The minimum absolute atomic E-state index is 0.124. The number of hydrogen-bond acceptors (Lipinski definition) is 3. The molecular formula is C16H20N2O3. The van der Waals surface area contributed by atoms with Crippen LogP contribution >= 0.6 is 0 Å². The predicted octanol–water partition coefficient (Wildman–Crippen LogP) is 2.28. The van der Waals surface area contributed by atoms with Crippen LogP contribution in [0, 0.1) is 0 Å². The van der Waals surface area contributed by atoms with Gasteiger partial charge in [-0.2, -0.15) is 0 Å². The van der Waals surface area contributed by atoms with Crippen molar-refractivity contribution in [3.05, 3.63) is 36.2 Å². The lowest BCUT2D eigenvalue weighted by Gasteiger charge is -2.16. The summed E-state index contributed by atoms with van der Waals surface area (Å²) in [6.07, 6.45) is 5.06. The quantitative estimate of drug-likeness (QED) is 0.793. The minimum atomic E-state index is -0.339. The number of carbonyl (C=O) groups excluding carboxylic acids is 2. The molecule has 0 unspecified atom stereocenters. The molecule has 0 saturated heterocycles. The number of amides is 1. The molecule has 112 valence electrons. The monoisotopic (exact) mass is 288 g/mol. The molecule has 0 aromatic carbocycles. The topological polar surface area (TPSA) is 51.0 Å². The van der Waals surface area contributed by atoms with Crippen molar-refractivity contribution >= 4 is 17.4 Å². The maximum absolute atomic E-state index is 11.6. The number of nitrogens with zero attached hydrogens (tertiary/aromatic N) is 2. The Labute approximate surface area is 124 Å². The van der Waals surface area contributed by atoms with Gasteiger partial charge in [0.2, 0.25) is 5.91 Å². The van der Waals surface area contributed by atoms with Crippen molar-refractivity contribution in [3.8, 4) is 5.75 Å². The Morgan fingerprint density at radius 1 is 1.29 bits per heavy atom. The van der Waals surface area contributed by atoms with Crippen LogP contribution in [0.15, 0.2) is 30.6 Å². The first-order valence-electron chi connectivity index (χ1n) is 7.04. The van der Waals surface area contributed by atoms with Crippen LogP contribution in [0.25, 0.3) is 5.52 Å². The summed E-state index contributed by atoms with van der Waals surface area (Å²) in [5, 5.41) is 0. The van der Waals surface area contributed by atoms with Crippen molar-refractivity contribution in [2.45, 2.75) is 26.7 Å². The summed E-state index contributed by atoms with van der Waals surface area (Å²) in [6.45, 7) is 3.88. The highest BCUT2D eigenvalue weighted by atomic mass is 16.5. The molecule has 2 heterocycles. The SMILES string of the molecule is CCC(=O)N(C)CCc1ccn2cccc(OC(C)=O)c12. The number of carbonyl (C=O) groups is 2. The second kappa shape index (κ2) is 6.43. The largest absolute Gasteiger partial charge is 0.424 e. The van der Waals surface area contributed by atoms with Crippen LogP contribution in [0.4, 0.5) is 0 Å². The van der Waals surface area contributed by atoms with E-state index in [4.69, 9.17) is 4.74 Å². The van der Waals surface area contributed by atoms with Crippen LogP contribution in [0.3, 0.4) is 0 Å². The molecule has 0 aliphatic heterocycles. The van der Waals surface area contributed by atoms with E-state index in [9.17, 15) is 9.59 Å². The molecule has 0 N–H and O–H groups in total. The van der Waals surface area contributed by atoms with E-state index in [-0.39, 0.29) is 11.9 Å². The smallest absolute Gasteiger partial charge is 0.308 e. The Balaban J connectivity index is 2.24. The molecule has 21 heavy (non-hydrogen) atoms. The zero-order valence-electron chi connectivity index (χ0n) is 12.6. The first-order valence-corrected chi connectivity index (χ1v) is 7.04. The van der Waals surface area contributed by atoms with Gasteiger partial charge in [0, 0.05) is 39.3 Å². The number of esters is 1. The highest BCUT2D eigenvalue weighted by molar-refractivity contribution is 5.76. The highest BCUT2D eigenvalue weighted by Crippen LogP contribution is 2.25. The number of hydrogen-bond donors (Lipinski definition) is 0. The molecular weight excluding hydrogens is 268 g/mol. The van der Waals surface area contributed by atoms with Gasteiger partial charge in [-0.3, -0.25) is 9.59 Å². The molecule has 0 aliphatic carbocycles. The molecule has 0 saturated carbocycles.